The number of rotatable bonds is 8. The number of allylic oxidation sites excluding steroid dienone is 2. The fourth-order valence-electron chi connectivity index (χ4n) is 3.57. The van der Waals surface area contributed by atoms with Gasteiger partial charge in [0.1, 0.15) is 4.70 Å². The summed E-state index contributed by atoms with van der Waals surface area (Å²) in [5.74, 6) is -1.74. The normalized spacial score (nSPS) is 15.3. The van der Waals surface area contributed by atoms with Crippen molar-refractivity contribution in [1.82, 2.24) is 0 Å². The maximum Gasteiger partial charge on any atom is 0.337 e. The number of thiazole rings is 1. The van der Waals surface area contributed by atoms with Crippen LogP contribution >= 0.6 is 45.3 Å². The zero-order chi connectivity index (χ0) is 27.1. The average Bonchev–Trinajstić information content (AvgIpc) is 3.42. The van der Waals surface area contributed by atoms with Gasteiger partial charge in [-0.05, 0) is 58.9 Å². The van der Waals surface area contributed by atoms with Gasteiger partial charge in [-0.3, -0.25) is 14.0 Å². The lowest BCUT2D eigenvalue weighted by molar-refractivity contribution is -0.647. The van der Waals surface area contributed by atoms with Gasteiger partial charge in [0.05, 0.1) is 21.2 Å². The predicted molar refractivity (Wildman–Crippen MR) is 148 cm³/mol. The summed E-state index contributed by atoms with van der Waals surface area (Å²) in [6, 6.07) is 6.27. The Morgan fingerprint density at radius 2 is 1.92 bits per heavy atom. The summed E-state index contributed by atoms with van der Waals surface area (Å²) in [6.45, 7) is 1.85. The van der Waals surface area contributed by atoms with Gasteiger partial charge in [0.15, 0.2) is 11.6 Å². The number of nitrogens with zero attached hydrogens (tertiary/aromatic N) is 2. The summed E-state index contributed by atoms with van der Waals surface area (Å²) in [4.78, 5) is 13.9. The molecule has 0 unspecified atom stereocenters. The van der Waals surface area contributed by atoms with Crippen molar-refractivity contribution in [2.24, 2.45) is 0 Å². The number of anilines is 1. The van der Waals surface area contributed by atoms with Crippen LogP contribution in [0.4, 0.5) is 5.69 Å². The zero-order valence-corrected chi connectivity index (χ0v) is 24.7. The molecule has 0 bridgehead atoms. The van der Waals surface area contributed by atoms with E-state index in [0.29, 0.717) is 21.8 Å². The van der Waals surface area contributed by atoms with E-state index in [-0.39, 0.29) is 22.9 Å². The molecule has 37 heavy (non-hydrogen) atoms. The first-order valence-electron chi connectivity index (χ1n) is 10.4. The number of thiophene rings is 1. The second-order valence-corrected chi connectivity index (χ2v) is 14.6. The van der Waals surface area contributed by atoms with Crippen molar-refractivity contribution in [1.29, 1.82) is 0 Å². The molecule has 2 N–H and O–H groups in total. The summed E-state index contributed by atoms with van der Waals surface area (Å²) in [5.41, 5.74) is 1.05. The predicted octanol–water partition coefficient (Wildman–Crippen LogP) is 3.87. The van der Waals surface area contributed by atoms with Gasteiger partial charge in [-0.15, -0.1) is 0 Å². The number of fused-ring (bicyclic) bond motifs is 2. The standard InChI is InChI=1S/C21H19IN2O9S4/c1-3-12(7-19-24(11-37(29,30)31)20-16(34-19)9-17(22)35-20)6-18-23(10-36(26,27)28)14-8-13(21(25)32-2)4-5-15(14)33-18/h4-9H,3,10-11H2,1-2H3,(H-,26,27,28,29,30,31)/p+1. The Balaban J connectivity index is 1.80. The average molecular weight is 700 g/mol. The van der Waals surface area contributed by atoms with Crippen LogP contribution in [-0.2, 0) is 30.8 Å². The molecule has 0 fully saturated rings. The first-order chi connectivity index (χ1) is 17.3. The minimum absolute atomic E-state index is 0.0805. The molecular weight excluding hydrogens is 679 g/mol. The second-order valence-electron chi connectivity index (χ2n) is 7.77. The summed E-state index contributed by atoms with van der Waals surface area (Å²) < 4.78 is 79.9. The fourth-order valence-corrected chi connectivity index (χ4v) is 8.32. The number of halogens is 1. The molecule has 2 aromatic heterocycles. The molecule has 0 saturated carbocycles. The number of benzene rings is 1. The molecule has 3 heterocycles. The van der Waals surface area contributed by atoms with Gasteiger partial charge < -0.3 is 9.47 Å². The van der Waals surface area contributed by atoms with Crippen LogP contribution in [0.5, 0.6) is 5.75 Å². The summed E-state index contributed by atoms with van der Waals surface area (Å²) >= 11 is 4.86. The highest BCUT2D eigenvalue weighted by Gasteiger charge is 2.31. The van der Waals surface area contributed by atoms with E-state index < -0.39 is 38.0 Å². The van der Waals surface area contributed by atoms with E-state index in [0.717, 1.165) is 7.58 Å². The van der Waals surface area contributed by atoms with E-state index in [1.807, 2.05) is 13.0 Å². The number of carbonyl (C=O) groups is 1. The summed E-state index contributed by atoms with van der Waals surface area (Å²) in [5, 5.41) is 0.550. The van der Waals surface area contributed by atoms with Crippen molar-refractivity contribution < 1.29 is 44.8 Å². The molecule has 1 aliphatic rings. The molecule has 0 saturated heterocycles. The molecule has 4 rings (SSSR count). The van der Waals surface area contributed by atoms with E-state index >= 15 is 0 Å². The molecule has 0 aliphatic carbocycles. The van der Waals surface area contributed by atoms with Gasteiger partial charge in [0.2, 0.25) is 5.88 Å². The molecule has 0 radical (unpaired) electrons. The lowest BCUT2D eigenvalue weighted by Gasteiger charge is -2.17. The quantitative estimate of drug-likeness (QED) is 0.154. The smallest absolute Gasteiger partial charge is 0.337 e. The molecule has 198 valence electrons. The summed E-state index contributed by atoms with van der Waals surface area (Å²) in [6.07, 6.45) is 3.74. The van der Waals surface area contributed by atoms with Crippen molar-refractivity contribution >= 4 is 92.8 Å². The molecular formula is C21H20IN2O9S4+. The molecule has 3 aromatic rings. The van der Waals surface area contributed by atoms with Crippen LogP contribution in [0.2, 0.25) is 0 Å². The fraction of sp³-hybridized carbons (Fsp3) is 0.238. The highest BCUT2D eigenvalue weighted by Crippen LogP contribution is 2.41. The third-order valence-corrected chi connectivity index (χ3v) is 9.43. The van der Waals surface area contributed by atoms with Crippen molar-refractivity contribution in [2.45, 2.75) is 19.2 Å². The van der Waals surface area contributed by atoms with Crippen LogP contribution in [0.25, 0.3) is 15.6 Å². The SMILES string of the molecule is CCC(/C=C1\Oc2ccc(C(=O)OC)cc2N1CS(=O)(=O)O)=C\c1sc2cc(I)sc2[n+]1CS(=O)(=O)O. The van der Waals surface area contributed by atoms with Crippen LogP contribution in [0, 0.1) is 2.88 Å². The second kappa shape index (κ2) is 10.6. The molecule has 0 spiro atoms. The number of carbonyl (C=O) groups excluding carboxylic acids is 1. The maximum atomic E-state index is 12.0. The van der Waals surface area contributed by atoms with Gasteiger partial charge in [-0.1, -0.05) is 29.6 Å². The third-order valence-electron chi connectivity index (χ3n) is 5.14. The monoisotopic (exact) mass is 699 g/mol. The van der Waals surface area contributed by atoms with Gasteiger partial charge >= 0.3 is 16.1 Å². The number of esters is 1. The highest BCUT2D eigenvalue weighted by molar-refractivity contribution is 14.1. The molecule has 0 amide bonds. The van der Waals surface area contributed by atoms with Crippen molar-refractivity contribution in [2.75, 3.05) is 17.9 Å². The highest BCUT2D eigenvalue weighted by atomic mass is 127. The molecule has 1 aromatic carbocycles. The molecule has 0 atom stereocenters. The van der Waals surface area contributed by atoms with Crippen molar-refractivity contribution in [3.05, 3.63) is 55.3 Å². The van der Waals surface area contributed by atoms with E-state index in [2.05, 4.69) is 22.6 Å². The van der Waals surface area contributed by atoms with Crippen LogP contribution in [0.15, 0.2) is 41.8 Å². The van der Waals surface area contributed by atoms with E-state index in [1.54, 1.807) is 12.2 Å². The number of hydrogen-bond acceptors (Lipinski definition) is 10. The Labute approximate surface area is 234 Å². The van der Waals surface area contributed by atoms with Crippen LogP contribution < -0.4 is 14.2 Å². The molecule has 1 aliphatic heterocycles. The Hall–Kier alpha value is -2.09. The first kappa shape index (κ1) is 27.9. The minimum atomic E-state index is -4.49. The maximum absolute atomic E-state index is 12.0. The van der Waals surface area contributed by atoms with Gasteiger partial charge in [0.25, 0.3) is 25.8 Å². The van der Waals surface area contributed by atoms with Crippen molar-refractivity contribution in [3.63, 3.8) is 0 Å². The minimum Gasteiger partial charge on any atom is -0.465 e. The van der Waals surface area contributed by atoms with Crippen LogP contribution in [0.3, 0.4) is 0 Å². The molecule has 11 nitrogen and oxygen atoms in total. The first-order valence-corrected chi connectivity index (χ1v) is 16.3. The summed E-state index contributed by atoms with van der Waals surface area (Å²) in [7, 11) is -7.60. The zero-order valence-electron chi connectivity index (χ0n) is 19.2. The number of hydrogen-bond donors (Lipinski definition) is 2. The largest absolute Gasteiger partial charge is 0.465 e. The molecule has 16 heteroatoms. The van der Waals surface area contributed by atoms with E-state index in [9.17, 15) is 30.7 Å². The van der Waals surface area contributed by atoms with E-state index in [4.69, 9.17) is 9.47 Å². The van der Waals surface area contributed by atoms with Gasteiger partial charge in [-0.2, -0.15) is 21.4 Å². The topological polar surface area (TPSA) is 151 Å². The Morgan fingerprint density at radius 3 is 2.54 bits per heavy atom. The number of aromatic nitrogens is 1. The van der Waals surface area contributed by atoms with Gasteiger partial charge in [-0.25, -0.2) is 4.79 Å². The van der Waals surface area contributed by atoms with E-state index in [1.165, 1.54) is 57.4 Å². The van der Waals surface area contributed by atoms with Crippen LogP contribution in [-0.4, -0.2) is 44.9 Å². The van der Waals surface area contributed by atoms with Crippen molar-refractivity contribution in [3.8, 4) is 5.75 Å². The number of ether oxygens (including phenoxy) is 2. The Bertz CT molecular complexity index is 1670. The lowest BCUT2D eigenvalue weighted by atomic mass is 10.1. The third kappa shape index (κ3) is 6.50. The lowest BCUT2D eigenvalue weighted by Crippen LogP contribution is -2.38. The number of methoxy groups -OCH3 is 1. The Kier molecular flexibility index (Phi) is 7.99. The van der Waals surface area contributed by atoms with Gasteiger partial charge in [0, 0.05) is 12.2 Å². The Morgan fingerprint density at radius 1 is 1.19 bits per heavy atom. The van der Waals surface area contributed by atoms with Crippen LogP contribution in [0.1, 0.15) is 28.7 Å².